The fourth-order valence-corrected chi connectivity index (χ4v) is 10.8. The molecule has 13 amide bonds. The van der Waals surface area contributed by atoms with Gasteiger partial charge in [-0.05, 0) is 68.3 Å². The van der Waals surface area contributed by atoms with Gasteiger partial charge >= 0.3 is 17.9 Å². The molecule has 2 heterocycles. The molecule has 37 nitrogen and oxygen atoms in total. The van der Waals surface area contributed by atoms with Crippen molar-refractivity contribution in [2.75, 3.05) is 32.8 Å². The number of hydrogen-bond donors (Lipinski definition) is 20. The lowest BCUT2D eigenvalue weighted by Crippen LogP contribution is -2.62. The Hall–Kier alpha value is -10.7. The van der Waals surface area contributed by atoms with E-state index in [1.165, 1.54) is 0 Å². The summed E-state index contributed by atoms with van der Waals surface area (Å²) in [7, 11) is 0. The summed E-state index contributed by atoms with van der Waals surface area (Å²) in [6, 6.07) is -3.51. The Kier molecular flexibility index (Phi) is 35.7. The lowest BCUT2D eigenvalue weighted by molar-refractivity contribution is -0.156. The number of cyclic esters (lactones) is 1. The van der Waals surface area contributed by atoms with Gasteiger partial charge in [-0.3, -0.25) is 71.9 Å². The van der Waals surface area contributed by atoms with E-state index in [2.05, 4.69) is 63.5 Å². The average Bonchev–Trinajstić information content (AvgIpc) is 1.73. The number of aliphatic carboxylic acids is 2. The van der Waals surface area contributed by atoms with E-state index in [4.69, 9.17) is 21.9 Å². The number of H-pyrrole nitrogens is 1. The quantitative estimate of drug-likeness (QED) is 0.0317. The molecule has 14 atom stereocenters. The molecule has 0 spiro atoms. The Morgan fingerprint density at radius 2 is 1.11 bits per heavy atom. The molecule has 0 bridgehead atoms. The lowest BCUT2D eigenvalue weighted by Gasteiger charge is -2.30. The van der Waals surface area contributed by atoms with Crippen LogP contribution in [0.5, 0.6) is 0 Å². The maximum absolute atomic E-state index is 14.8. The van der Waals surface area contributed by atoms with Gasteiger partial charge in [-0.2, -0.15) is 0 Å². The second-order valence-corrected chi connectivity index (χ2v) is 25.4. The van der Waals surface area contributed by atoms with Crippen molar-refractivity contribution < 1.29 is 102 Å². The van der Waals surface area contributed by atoms with Crippen LogP contribution in [0.4, 0.5) is 0 Å². The van der Waals surface area contributed by atoms with Gasteiger partial charge in [0.1, 0.15) is 66.5 Å². The number of fused-ring (bicyclic) bond motifs is 1. The van der Waals surface area contributed by atoms with Crippen molar-refractivity contribution in [3.05, 3.63) is 71.9 Å². The molecular weight excluding hydrogens is 1360 g/mol. The van der Waals surface area contributed by atoms with Crippen molar-refractivity contribution in [3.63, 3.8) is 0 Å². The zero-order valence-corrected chi connectivity index (χ0v) is 58.5. The SMILES string of the molecule is CCC(C)CCCC(O)CC(=O)N[C@H](CO)C(=O)N[C@@H]1C(=O)N[C@H](CCN)C(=O)N[C@@H](CC(=O)O)C(=O)NCC(=O)N[C@H](CC(N)=O)C(=O)N[C@H](CC(=O)O)C(=O)NCC(=O)N[C@@H](Cc2c[nH]c3ccccc23)C(=O)N[C@H]([C@@H](C)CC)C(=O)N[C@@H](CCN)C(=O)N[C@@H](Cc2ccccc2)C(=O)O[C@@H]1C. The van der Waals surface area contributed by atoms with Crippen molar-refractivity contribution in [1.82, 2.24) is 68.8 Å². The van der Waals surface area contributed by atoms with Crippen molar-refractivity contribution in [1.29, 1.82) is 0 Å². The third kappa shape index (κ3) is 28.6. The molecule has 1 aromatic heterocycles. The molecule has 23 N–H and O–H groups in total. The van der Waals surface area contributed by atoms with Crippen LogP contribution in [0.15, 0.2) is 60.8 Å². The van der Waals surface area contributed by atoms with E-state index >= 15 is 0 Å². The van der Waals surface area contributed by atoms with E-state index in [-0.39, 0.29) is 38.6 Å². The molecule has 4 rings (SSSR count). The van der Waals surface area contributed by atoms with Crippen LogP contribution in [-0.4, -0.2) is 226 Å². The smallest absolute Gasteiger partial charge is 0.329 e. The number of amides is 13. The third-order valence-corrected chi connectivity index (χ3v) is 17.1. The summed E-state index contributed by atoms with van der Waals surface area (Å²) in [6.07, 6.45) is -4.21. The Morgan fingerprint density at radius 1 is 0.596 bits per heavy atom. The summed E-state index contributed by atoms with van der Waals surface area (Å²) in [6.45, 7) is 4.44. The number of primary amides is 1. The number of aromatic amines is 1. The highest BCUT2D eigenvalue weighted by atomic mass is 16.5. The fourth-order valence-electron chi connectivity index (χ4n) is 10.8. The van der Waals surface area contributed by atoms with Gasteiger partial charge in [-0.1, -0.05) is 102 Å². The summed E-state index contributed by atoms with van der Waals surface area (Å²) in [5, 5.41) is 69.1. The number of nitrogens with two attached hydrogens (primary N) is 3. The molecule has 3 aromatic rings. The zero-order chi connectivity index (χ0) is 77.3. The van der Waals surface area contributed by atoms with Crippen LogP contribution >= 0.6 is 0 Å². The third-order valence-electron chi connectivity index (χ3n) is 17.1. The van der Waals surface area contributed by atoms with Gasteiger partial charge in [0.2, 0.25) is 76.8 Å². The van der Waals surface area contributed by atoms with Crippen molar-refractivity contribution >= 4 is 106 Å². The minimum Gasteiger partial charge on any atom is -0.481 e. The van der Waals surface area contributed by atoms with E-state index in [1.54, 1.807) is 74.6 Å². The molecule has 0 saturated carbocycles. The second-order valence-electron chi connectivity index (χ2n) is 25.4. The van der Waals surface area contributed by atoms with Crippen LogP contribution in [0.3, 0.4) is 0 Å². The molecule has 2 unspecified atom stereocenters. The van der Waals surface area contributed by atoms with E-state index in [0.29, 0.717) is 34.4 Å². The molecular formula is C67H98N16O21. The summed E-state index contributed by atoms with van der Waals surface area (Å²) >= 11 is 0. The highest BCUT2D eigenvalue weighted by Crippen LogP contribution is 2.21. The van der Waals surface area contributed by atoms with Crippen LogP contribution in [0, 0.1) is 11.8 Å². The van der Waals surface area contributed by atoms with Crippen molar-refractivity contribution in [3.8, 4) is 0 Å². The first-order valence-corrected chi connectivity index (χ1v) is 34.1. The van der Waals surface area contributed by atoms with E-state index in [0.717, 1.165) is 19.8 Å². The molecule has 0 aliphatic carbocycles. The number of carboxylic acid groups (broad SMARTS) is 2. The number of rotatable bonds is 27. The number of para-hydroxylation sites is 1. The number of nitrogens with one attached hydrogen (secondary N) is 13. The Morgan fingerprint density at radius 3 is 1.64 bits per heavy atom. The summed E-state index contributed by atoms with van der Waals surface area (Å²) in [5.74, 6) is -20.7. The Bertz CT molecular complexity index is 3500. The monoisotopic (exact) mass is 1460 g/mol. The number of carbonyl (C=O) groups is 16. The Labute approximate surface area is 598 Å². The van der Waals surface area contributed by atoms with Gasteiger partial charge in [0.25, 0.3) is 0 Å². The number of benzene rings is 2. The van der Waals surface area contributed by atoms with Crippen LogP contribution in [0.25, 0.3) is 10.9 Å². The molecule has 1 saturated heterocycles. The van der Waals surface area contributed by atoms with Gasteiger partial charge in [0, 0.05) is 29.9 Å². The summed E-state index contributed by atoms with van der Waals surface area (Å²) in [5.41, 5.74) is 18.8. The first-order chi connectivity index (χ1) is 49.3. The predicted octanol–water partition coefficient (Wildman–Crippen LogP) is -5.49. The predicted molar refractivity (Wildman–Crippen MR) is 369 cm³/mol. The highest BCUT2D eigenvalue weighted by Gasteiger charge is 2.40. The molecule has 572 valence electrons. The number of ether oxygens (including phenoxy) is 1. The highest BCUT2D eigenvalue weighted by molar-refractivity contribution is 6.01. The number of esters is 1. The number of carboxylic acids is 2. The molecule has 0 radical (unpaired) electrons. The van der Waals surface area contributed by atoms with Gasteiger partial charge < -0.3 is 111 Å². The summed E-state index contributed by atoms with van der Waals surface area (Å²) in [4.78, 5) is 223. The average molecular weight is 1460 g/mol. The summed E-state index contributed by atoms with van der Waals surface area (Å²) < 4.78 is 5.86. The van der Waals surface area contributed by atoms with Gasteiger partial charge in [-0.15, -0.1) is 0 Å². The molecule has 1 fully saturated rings. The van der Waals surface area contributed by atoms with E-state index < -0.39 is 232 Å². The second kappa shape index (κ2) is 43.3. The molecule has 1 aliphatic rings. The molecule has 2 aromatic carbocycles. The van der Waals surface area contributed by atoms with E-state index in [1.807, 2.05) is 19.2 Å². The van der Waals surface area contributed by atoms with E-state index in [9.17, 15) is 97.1 Å². The molecule has 37 heteroatoms. The maximum atomic E-state index is 14.8. The minimum absolute atomic E-state index is 0.213. The normalized spacial score (nSPS) is 23.5. The van der Waals surface area contributed by atoms with Crippen molar-refractivity contribution in [2.45, 2.75) is 191 Å². The van der Waals surface area contributed by atoms with Crippen LogP contribution < -0.4 is 81.0 Å². The van der Waals surface area contributed by atoms with Gasteiger partial charge in [0.05, 0.1) is 51.5 Å². The van der Waals surface area contributed by atoms with Crippen LogP contribution in [-0.2, 0) is 94.3 Å². The largest absolute Gasteiger partial charge is 0.481 e. The van der Waals surface area contributed by atoms with Gasteiger partial charge in [0.15, 0.2) is 0 Å². The minimum atomic E-state index is -2.14. The fraction of sp³-hybridized carbons (Fsp3) is 0.552. The van der Waals surface area contributed by atoms with Crippen LogP contribution in [0.1, 0.15) is 116 Å². The van der Waals surface area contributed by atoms with Crippen LogP contribution in [0.2, 0.25) is 0 Å². The standard InChI is InChI=1S/C67H98N16O21/c1-6-34(3)14-13-17-39(85)26-51(87)76-49(33-84)64(100)83-57-36(5)104-67(103)48(24-37-15-9-8-10-16-37)81-61(97)43(21-23-69)77-65(101)56(35(4)7-2)82-63(99)44(25-38-30-71-41-19-12-11-18-40(38)41)74-52(88)31-72-59(95)47(29-55(92)93)80-62(98)45(27-50(70)86)75-53(89)32-73-58(94)46(28-54(90)91)79-60(96)42(20-22-68)78-66(57)102/h8-12,15-16,18-19,30,34-36,39,42-49,56-57,71,84-85H,6-7,13-14,17,20-29,31-33,68-69H2,1-5H3,(H2,70,86)(H,72,95)(H,73,94)(H,74,88)(H,75,89)(H,76,87)(H,77,101)(H,78,102)(H,79,96)(H,80,98)(H,81,97)(H,82,99)(H,83,100)(H,90,91)(H,92,93)/t34?,35-,36+,39?,42+,43-,44-,45+,46-,47+,48-,49+,56+,57-/m0/s1. The first kappa shape index (κ1) is 85.8. The lowest BCUT2D eigenvalue weighted by atomic mass is 9.96. The van der Waals surface area contributed by atoms with Gasteiger partial charge in [-0.25, -0.2) is 4.79 Å². The molecule has 1 aliphatic heterocycles. The Balaban J connectivity index is 1.87. The number of hydrogen-bond acceptors (Lipinski definition) is 21. The zero-order valence-electron chi connectivity index (χ0n) is 58.5. The number of aliphatic hydroxyl groups excluding tert-OH is 2. The van der Waals surface area contributed by atoms with Crippen molar-refractivity contribution in [2.24, 2.45) is 29.0 Å². The number of carbonyl (C=O) groups excluding carboxylic acids is 14. The first-order valence-electron chi connectivity index (χ1n) is 34.1. The number of aliphatic hydroxyl groups is 2. The molecule has 104 heavy (non-hydrogen) atoms. The maximum Gasteiger partial charge on any atom is 0.329 e. The number of aromatic nitrogens is 1. The topological polar surface area (TPSA) is 601 Å².